The molecular weight excluding hydrogens is 339 g/mol. The van der Waals surface area contributed by atoms with Crippen LogP contribution in [0.4, 0.5) is 4.39 Å². The standard InChI is InChI=1S/C19H19FN4.ClH/c20-17-8-6-15(7-9-17)18-21-19(23-22-18)16-5-3-4-14(12-16)13-24-10-1-2-11-24;/h3-9,12H,1-2,10-11,13H2,(H,21,22,23);1H. The molecule has 1 N–H and O–H groups in total. The third-order valence-corrected chi connectivity index (χ3v) is 4.39. The number of aromatic nitrogens is 3. The van der Waals surface area contributed by atoms with Crippen molar-refractivity contribution < 1.29 is 4.39 Å². The minimum absolute atomic E-state index is 0. The first-order valence-corrected chi connectivity index (χ1v) is 8.28. The lowest BCUT2D eigenvalue weighted by Crippen LogP contribution is -2.18. The van der Waals surface area contributed by atoms with E-state index in [1.165, 1.54) is 43.6 Å². The van der Waals surface area contributed by atoms with Gasteiger partial charge in [0, 0.05) is 17.7 Å². The van der Waals surface area contributed by atoms with Crippen molar-refractivity contribution in [3.63, 3.8) is 0 Å². The van der Waals surface area contributed by atoms with Crippen molar-refractivity contribution in [2.24, 2.45) is 0 Å². The van der Waals surface area contributed by atoms with Crippen molar-refractivity contribution in [3.8, 4) is 22.8 Å². The van der Waals surface area contributed by atoms with E-state index in [1.54, 1.807) is 12.1 Å². The zero-order valence-corrected chi connectivity index (χ0v) is 14.6. The Labute approximate surface area is 152 Å². The Morgan fingerprint density at radius 1 is 1.00 bits per heavy atom. The average molecular weight is 359 g/mol. The van der Waals surface area contributed by atoms with Gasteiger partial charge >= 0.3 is 0 Å². The van der Waals surface area contributed by atoms with Crippen molar-refractivity contribution >= 4 is 12.4 Å². The second kappa shape index (κ2) is 7.76. The van der Waals surface area contributed by atoms with Gasteiger partial charge in [-0.2, -0.15) is 5.10 Å². The molecule has 1 aromatic heterocycles. The van der Waals surface area contributed by atoms with Crippen LogP contribution < -0.4 is 0 Å². The van der Waals surface area contributed by atoms with Crippen molar-refractivity contribution in [2.45, 2.75) is 19.4 Å². The predicted octanol–water partition coefficient (Wildman–Crippen LogP) is 4.30. The maximum atomic E-state index is 13.0. The van der Waals surface area contributed by atoms with Gasteiger partial charge in [-0.25, -0.2) is 9.37 Å². The van der Waals surface area contributed by atoms with Gasteiger partial charge in [-0.15, -0.1) is 12.4 Å². The highest BCUT2D eigenvalue weighted by molar-refractivity contribution is 5.85. The first-order valence-electron chi connectivity index (χ1n) is 8.28. The molecule has 4 nitrogen and oxygen atoms in total. The maximum Gasteiger partial charge on any atom is 0.181 e. The molecule has 1 aliphatic rings. The molecule has 0 amide bonds. The second-order valence-corrected chi connectivity index (χ2v) is 6.20. The van der Waals surface area contributed by atoms with Crippen LogP contribution in [-0.4, -0.2) is 33.2 Å². The molecule has 0 aliphatic carbocycles. The third-order valence-electron chi connectivity index (χ3n) is 4.39. The normalized spacial score (nSPS) is 14.4. The van der Waals surface area contributed by atoms with Crippen LogP contribution in [-0.2, 0) is 6.54 Å². The zero-order valence-electron chi connectivity index (χ0n) is 13.8. The Morgan fingerprint density at radius 3 is 2.52 bits per heavy atom. The van der Waals surface area contributed by atoms with Gasteiger partial charge in [-0.1, -0.05) is 18.2 Å². The second-order valence-electron chi connectivity index (χ2n) is 6.20. The lowest BCUT2D eigenvalue weighted by molar-refractivity contribution is 0.331. The summed E-state index contributed by atoms with van der Waals surface area (Å²) in [5, 5.41) is 7.25. The summed E-state index contributed by atoms with van der Waals surface area (Å²) in [5.74, 6) is 1.06. The van der Waals surface area contributed by atoms with E-state index in [4.69, 9.17) is 0 Å². The smallest absolute Gasteiger partial charge is 0.181 e. The Hall–Kier alpha value is -2.24. The first-order chi connectivity index (χ1) is 11.8. The highest BCUT2D eigenvalue weighted by Crippen LogP contribution is 2.22. The van der Waals surface area contributed by atoms with Gasteiger partial charge in [-0.05, 0) is 61.8 Å². The molecule has 2 aromatic carbocycles. The first kappa shape index (κ1) is 17.6. The highest BCUT2D eigenvalue weighted by Gasteiger charge is 2.13. The van der Waals surface area contributed by atoms with Crippen molar-refractivity contribution in [2.75, 3.05) is 13.1 Å². The third kappa shape index (κ3) is 4.06. The van der Waals surface area contributed by atoms with Crippen LogP contribution >= 0.6 is 12.4 Å². The van der Waals surface area contributed by atoms with E-state index in [1.807, 2.05) is 6.07 Å². The van der Waals surface area contributed by atoms with Gasteiger partial charge in [0.25, 0.3) is 0 Å². The molecule has 1 aliphatic heterocycles. The molecule has 3 aromatic rings. The van der Waals surface area contributed by atoms with E-state index in [0.717, 1.165) is 17.7 Å². The molecule has 0 bridgehead atoms. The Kier molecular flexibility index (Phi) is 5.46. The van der Waals surface area contributed by atoms with Gasteiger partial charge < -0.3 is 0 Å². The summed E-state index contributed by atoms with van der Waals surface area (Å²) in [4.78, 5) is 7.02. The molecule has 0 radical (unpaired) electrons. The fraction of sp³-hybridized carbons (Fsp3) is 0.263. The van der Waals surface area contributed by atoms with E-state index in [0.29, 0.717) is 11.6 Å². The van der Waals surface area contributed by atoms with Crippen LogP contribution in [0.2, 0.25) is 0 Å². The van der Waals surface area contributed by atoms with E-state index in [9.17, 15) is 4.39 Å². The molecule has 1 saturated heterocycles. The number of likely N-dealkylation sites (tertiary alicyclic amines) is 1. The monoisotopic (exact) mass is 358 g/mol. The summed E-state index contributed by atoms with van der Waals surface area (Å²) in [6.07, 6.45) is 2.59. The average Bonchev–Trinajstić information content (AvgIpc) is 3.28. The number of H-pyrrole nitrogens is 1. The van der Waals surface area contributed by atoms with Crippen molar-refractivity contribution in [3.05, 3.63) is 59.9 Å². The summed E-state index contributed by atoms with van der Waals surface area (Å²) in [6, 6.07) is 14.6. The van der Waals surface area contributed by atoms with Gasteiger partial charge in [0.2, 0.25) is 0 Å². The van der Waals surface area contributed by atoms with Gasteiger partial charge in [-0.3, -0.25) is 10.00 Å². The fourth-order valence-electron chi connectivity index (χ4n) is 3.14. The van der Waals surface area contributed by atoms with Crippen molar-refractivity contribution in [1.29, 1.82) is 0 Å². The summed E-state index contributed by atoms with van der Waals surface area (Å²) in [6.45, 7) is 3.34. The lowest BCUT2D eigenvalue weighted by Gasteiger charge is -2.14. The number of hydrogen-bond acceptors (Lipinski definition) is 3. The van der Waals surface area contributed by atoms with Gasteiger partial charge in [0.05, 0.1) is 0 Å². The minimum Gasteiger partial charge on any atom is -0.299 e. The van der Waals surface area contributed by atoms with Crippen LogP contribution in [0, 0.1) is 5.82 Å². The highest BCUT2D eigenvalue weighted by atomic mass is 35.5. The van der Waals surface area contributed by atoms with Crippen molar-refractivity contribution in [1.82, 2.24) is 20.1 Å². The van der Waals surface area contributed by atoms with E-state index in [2.05, 4.69) is 38.3 Å². The summed E-state index contributed by atoms with van der Waals surface area (Å²) < 4.78 is 13.0. The molecule has 1 fully saturated rings. The Bertz CT molecular complexity index is 825. The van der Waals surface area contributed by atoms with E-state index >= 15 is 0 Å². The Morgan fingerprint density at radius 2 is 1.76 bits per heavy atom. The molecule has 4 rings (SSSR count). The molecule has 130 valence electrons. The number of benzene rings is 2. The molecule has 0 spiro atoms. The summed E-state index contributed by atoms with van der Waals surface area (Å²) >= 11 is 0. The molecule has 0 saturated carbocycles. The summed E-state index contributed by atoms with van der Waals surface area (Å²) in [7, 11) is 0. The van der Waals surface area contributed by atoms with Gasteiger partial charge in [0.15, 0.2) is 11.6 Å². The number of aromatic amines is 1. The van der Waals surface area contributed by atoms with Crippen LogP contribution in [0.25, 0.3) is 22.8 Å². The molecule has 0 unspecified atom stereocenters. The molecule has 0 atom stereocenters. The number of hydrogen-bond donors (Lipinski definition) is 1. The van der Waals surface area contributed by atoms with Crippen LogP contribution in [0.15, 0.2) is 48.5 Å². The largest absolute Gasteiger partial charge is 0.299 e. The number of nitrogens with one attached hydrogen (secondary N) is 1. The summed E-state index contributed by atoms with van der Waals surface area (Å²) in [5.41, 5.74) is 3.10. The van der Waals surface area contributed by atoms with E-state index < -0.39 is 0 Å². The molecular formula is C19H20ClFN4. The van der Waals surface area contributed by atoms with Crippen LogP contribution in [0.3, 0.4) is 0 Å². The fourth-order valence-corrected chi connectivity index (χ4v) is 3.14. The Balaban J connectivity index is 0.00000182. The van der Waals surface area contributed by atoms with Crippen LogP contribution in [0.5, 0.6) is 0 Å². The number of nitrogens with zero attached hydrogens (tertiary/aromatic N) is 3. The maximum absolute atomic E-state index is 13.0. The quantitative estimate of drug-likeness (QED) is 0.756. The predicted molar refractivity (Wildman–Crippen MR) is 99.0 cm³/mol. The van der Waals surface area contributed by atoms with E-state index in [-0.39, 0.29) is 18.2 Å². The van der Waals surface area contributed by atoms with Crippen LogP contribution in [0.1, 0.15) is 18.4 Å². The minimum atomic E-state index is -0.256. The topological polar surface area (TPSA) is 44.8 Å². The zero-order chi connectivity index (χ0) is 16.4. The molecule has 6 heteroatoms. The van der Waals surface area contributed by atoms with Gasteiger partial charge in [0.1, 0.15) is 5.82 Å². The number of rotatable bonds is 4. The lowest BCUT2D eigenvalue weighted by atomic mass is 10.1. The SMILES string of the molecule is Cl.Fc1ccc(-c2nc(-c3cccc(CN4CCCC4)c3)n[nH]2)cc1. The number of halogens is 2. The molecule has 2 heterocycles. The molecule has 25 heavy (non-hydrogen) atoms.